The number of hydrogen-bond donors (Lipinski definition) is 1. The molecular formula is C23H27ClN3O3S+. The molecule has 1 aliphatic heterocycles. The molecule has 2 heterocycles. The number of aromatic nitrogens is 1. The number of sulfone groups is 1. The molecule has 1 N–H and O–H groups in total. The van der Waals surface area contributed by atoms with Crippen molar-refractivity contribution in [3.8, 4) is 11.5 Å². The van der Waals surface area contributed by atoms with Crippen molar-refractivity contribution in [3.05, 3.63) is 59.1 Å². The highest BCUT2D eigenvalue weighted by Gasteiger charge is 2.34. The van der Waals surface area contributed by atoms with E-state index in [2.05, 4.69) is 12.0 Å². The quantitative estimate of drug-likeness (QED) is 0.633. The second-order valence-corrected chi connectivity index (χ2v) is 10.5. The maximum atomic E-state index is 13.5. The van der Waals surface area contributed by atoms with E-state index in [0.29, 0.717) is 10.6 Å². The minimum absolute atomic E-state index is 0.0694. The molecule has 1 aliphatic rings. The van der Waals surface area contributed by atoms with Gasteiger partial charge in [0.05, 0.1) is 35.6 Å². The molecule has 3 aromatic rings. The number of oxazole rings is 1. The molecule has 0 saturated carbocycles. The predicted octanol–water partition coefficient (Wildman–Crippen LogP) is 3.25. The van der Waals surface area contributed by atoms with E-state index in [4.69, 9.17) is 16.0 Å². The average molecular weight is 461 g/mol. The van der Waals surface area contributed by atoms with E-state index in [0.717, 1.165) is 31.5 Å². The Kier molecular flexibility index (Phi) is 6.10. The SMILES string of the molecule is Cc1ccc(S(=O)(=O)c2nc(-c3ccccc3Cl)oc2N(C)C2CC[NH+](C)CC2)cc1. The summed E-state index contributed by atoms with van der Waals surface area (Å²) in [6.07, 6.45) is 1.91. The average Bonchev–Trinajstić information content (AvgIpc) is 3.20. The molecule has 0 bridgehead atoms. The molecule has 0 unspecified atom stereocenters. The van der Waals surface area contributed by atoms with Gasteiger partial charge >= 0.3 is 0 Å². The summed E-state index contributed by atoms with van der Waals surface area (Å²) in [4.78, 5) is 8.06. The topological polar surface area (TPSA) is 67.9 Å². The number of benzene rings is 2. The molecule has 0 atom stereocenters. The van der Waals surface area contributed by atoms with Crippen molar-refractivity contribution < 1.29 is 17.7 Å². The summed E-state index contributed by atoms with van der Waals surface area (Å²) >= 11 is 6.35. The van der Waals surface area contributed by atoms with Crippen LogP contribution in [0.3, 0.4) is 0 Å². The normalized spacial score (nSPS) is 19.4. The molecule has 31 heavy (non-hydrogen) atoms. The van der Waals surface area contributed by atoms with Crippen LogP contribution < -0.4 is 9.80 Å². The number of hydrogen-bond acceptors (Lipinski definition) is 5. The largest absolute Gasteiger partial charge is 0.419 e. The smallest absolute Gasteiger partial charge is 0.236 e. The number of nitrogens with one attached hydrogen (secondary N) is 1. The molecule has 2 aromatic carbocycles. The summed E-state index contributed by atoms with van der Waals surface area (Å²) in [6, 6.07) is 14.1. The summed E-state index contributed by atoms with van der Waals surface area (Å²) in [7, 11) is 0.184. The Bertz CT molecular complexity index is 1170. The highest BCUT2D eigenvalue weighted by Crippen LogP contribution is 2.37. The second-order valence-electron chi connectivity index (χ2n) is 8.22. The lowest BCUT2D eigenvalue weighted by Crippen LogP contribution is -3.10. The van der Waals surface area contributed by atoms with E-state index in [-0.39, 0.29) is 27.7 Å². The van der Waals surface area contributed by atoms with E-state index in [1.54, 1.807) is 36.4 Å². The lowest BCUT2D eigenvalue weighted by molar-refractivity contribution is -0.884. The number of anilines is 1. The molecule has 4 rings (SSSR count). The van der Waals surface area contributed by atoms with Gasteiger partial charge in [-0.2, -0.15) is 4.98 Å². The Labute approximate surface area is 188 Å². The van der Waals surface area contributed by atoms with Gasteiger partial charge < -0.3 is 14.2 Å². The van der Waals surface area contributed by atoms with Crippen LogP contribution in [-0.4, -0.2) is 46.6 Å². The highest BCUT2D eigenvalue weighted by molar-refractivity contribution is 7.91. The zero-order valence-electron chi connectivity index (χ0n) is 17.9. The van der Waals surface area contributed by atoms with Gasteiger partial charge in [0.15, 0.2) is 0 Å². The number of aryl methyl sites for hydroxylation is 1. The van der Waals surface area contributed by atoms with Crippen molar-refractivity contribution in [3.63, 3.8) is 0 Å². The first-order valence-corrected chi connectivity index (χ1v) is 12.2. The van der Waals surface area contributed by atoms with E-state index >= 15 is 0 Å². The van der Waals surface area contributed by atoms with Crippen LogP contribution in [0.5, 0.6) is 0 Å². The van der Waals surface area contributed by atoms with Gasteiger partial charge in [0.25, 0.3) is 0 Å². The summed E-state index contributed by atoms with van der Waals surface area (Å²) in [6.45, 7) is 3.98. The van der Waals surface area contributed by atoms with Gasteiger partial charge in [-0.25, -0.2) is 8.42 Å². The van der Waals surface area contributed by atoms with Crippen molar-refractivity contribution in [2.45, 2.75) is 35.7 Å². The lowest BCUT2D eigenvalue weighted by Gasteiger charge is -2.33. The van der Waals surface area contributed by atoms with Crippen LogP contribution in [0.2, 0.25) is 5.02 Å². The second kappa shape index (κ2) is 8.65. The molecule has 1 fully saturated rings. The summed E-state index contributed by atoms with van der Waals surface area (Å²) < 4.78 is 33.2. The lowest BCUT2D eigenvalue weighted by atomic mass is 10.0. The molecule has 8 heteroatoms. The fourth-order valence-corrected chi connectivity index (χ4v) is 5.48. The maximum Gasteiger partial charge on any atom is 0.236 e. The highest BCUT2D eigenvalue weighted by atomic mass is 35.5. The van der Waals surface area contributed by atoms with Gasteiger partial charge in [-0.15, -0.1) is 0 Å². The van der Waals surface area contributed by atoms with Gasteiger partial charge in [-0.3, -0.25) is 0 Å². The van der Waals surface area contributed by atoms with Crippen molar-refractivity contribution >= 4 is 27.3 Å². The van der Waals surface area contributed by atoms with Crippen molar-refractivity contribution in [2.24, 2.45) is 0 Å². The van der Waals surface area contributed by atoms with Crippen molar-refractivity contribution in [2.75, 3.05) is 32.1 Å². The minimum atomic E-state index is -3.88. The molecule has 0 spiro atoms. The number of piperidine rings is 1. The Hall–Kier alpha value is -2.35. The molecule has 164 valence electrons. The Morgan fingerprint density at radius 1 is 1.10 bits per heavy atom. The Balaban J connectivity index is 1.82. The Morgan fingerprint density at radius 3 is 2.39 bits per heavy atom. The van der Waals surface area contributed by atoms with E-state index < -0.39 is 9.84 Å². The zero-order chi connectivity index (χ0) is 22.2. The van der Waals surface area contributed by atoms with E-state index in [1.165, 1.54) is 4.90 Å². The monoisotopic (exact) mass is 460 g/mol. The van der Waals surface area contributed by atoms with Gasteiger partial charge in [-0.05, 0) is 31.2 Å². The molecule has 0 aliphatic carbocycles. The fraction of sp³-hybridized carbons (Fsp3) is 0.348. The first-order chi connectivity index (χ1) is 14.8. The van der Waals surface area contributed by atoms with Crippen LogP contribution in [0.4, 0.5) is 5.88 Å². The van der Waals surface area contributed by atoms with Crippen LogP contribution >= 0.6 is 11.6 Å². The zero-order valence-corrected chi connectivity index (χ0v) is 19.5. The first kappa shape index (κ1) is 21.9. The van der Waals surface area contributed by atoms with Crippen LogP contribution in [0, 0.1) is 6.92 Å². The molecule has 1 aromatic heterocycles. The predicted molar refractivity (Wildman–Crippen MR) is 122 cm³/mol. The molecule has 0 radical (unpaired) electrons. The van der Waals surface area contributed by atoms with E-state index in [1.807, 2.05) is 31.0 Å². The van der Waals surface area contributed by atoms with E-state index in [9.17, 15) is 8.42 Å². The van der Waals surface area contributed by atoms with Gasteiger partial charge in [-0.1, -0.05) is 41.4 Å². The summed E-state index contributed by atoms with van der Waals surface area (Å²) in [5, 5.41) is 0.389. The summed E-state index contributed by atoms with van der Waals surface area (Å²) in [5.74, 6) is 0.469. The van der Waals surface area contributed by atoms with Crippen LogP contribution in [0.25, 0.3) is 11.5 Å². The number of nitrogens with zero attached hydrogens (tertiary/aromatic N) is 2. The van der Waals surface area contributed by atoms with Crippen LogP contribution in [0.1, 0.15) is 18.4 Å². The number of quaternary nitrogens is 1. The van der Waals surface area contributed by atoms with Crippen LogP contribution in [-0.2, 0) is 9.84 Å². The third-order valence-electron chi connectivity index (χ3n) is 5.95. The van der Waals surface area contributed by atoms with Gasteiger partial charge in [0.2, 0.25) is 26.6 Å². The first-order valence-electron chi connectivity index (χ1n) is 10.4. The Morgan fingerprint density at radius 2 is 1.74 bits per heavy atom. The minimum Gasteiger partial charge on any atom is -0.419 e. The number of likely N-dealkylation sites (tertiary alicyclic amines) is 1. The third-order valence-corrected chi connectivity index (χ3v) is 7.94. The van der Waals surface area contributed by atoms with Gasteiger partial charge in [0, 0.05) is 25.9 Å². The third kappa shape index (κ3) is 4.35. The van der Waals surface area contributed by atoms with Crippen molar-refractivity contribution in [1.29, 1.82) is 0 Å². The standard InChI is InChI=1S/C23H26ClN3O3S/c1-16-8-10-18(11-9-16)31(28,29)22-23(27(3)17-12-14-26(2)15-13-17)30-21(25-22)19-6-4-5-7-20(19)24/h4-11,17H,12-15H2,1-3H3/p+1. The van der Waals surface area contributed by atoms with Gasteiger partial charge in [0.1, 0.15) is 0 Å². The molecule has 0 amide bonds. The van der Waals surface area contributed by atoms with Crippen LogP contribution in [0.15, 0.2) is 62.9 Å². The molecule has 6 nitrogen and oxygen atoms in total. The van der Waals surface area contributed by atoms with Crippen molar-refractivity contribution in [1.82, 2.24) is 4.98 Å². The number of halogens is 1. The number of rotatable bonds is 5. The molecular weight excluding hydrogens is 434 g/mol. The summed E-state index contributed by atoms with van der Waals surface area (Å²) in [5.41, 5.74) is 1.55. The molecule has 1 saturated heterocycles. The fourth-order valence-electron chi connectivity index (χ4n) is 3.92. The maximum absolute atomic E-state index is 13.5.